The lowest BCUT2D eigenvalue weighted by Gasteiger charge is -2.01. The Morgan fingerprint density at radius 1 is 1.20 bits per heavy atom. The van der Waals surface area contributed by atoms with E-state index in [0.717, 1.165) is 9.50 Å². The van der Waals surface area contributed by atoms with E-state index in [0.29, 0.717) is 10.8 Å². The lowest BCUT2D eigenvalue weighted by molar-refractivity contribution is 0.953. The third kappa shape index (κ3) is 2.66. The number of hydrogen-bond donors (Lipinski definition) is 1. The zero-order chi connectivity index (χ0) is 10.7. The smallest absolute Gasteiger partial charge is 0.193 e. The Hall–Kier alpha value is -1.14. The molecule has 76 valence electrons. The van der Waals surface area contributed by atoms with Crippen molar-refractivity contribution in [2.75, 3.05) is 5.73 Å². The molecule has 15 heavy (non-hydrogen) atoms. The van der Waals surface area contributed by atoms with Crippen molar-refractivity contribution in [3.8, 4) is 0 Å². The van der Waals surface area contributed by atoms with E-state index in [4.69, 9.17) is 5.73 Å². The Morgan fingerprint density at radius 3 is 2.60 bits per heavy atom. The highest BCUT2D eigenvalue weighted by Crippen LogP contribution is 2.26. The Balaban J connectivity index is 2.22. The van der Waals surface area contributed by atoms with Crippen molar-refractivity contribution >= 4 is 33.4 Å². The van der Waals surface area contributed by atoms with Crippen LogP contribution < -0.4 is 5.73 Å². The number of nitrogens with two attached hydrogens (primary N) is 1. The lowest BCUT2D eigenvalue weighted by Crippen LogP contribution is -1.92. The van der Waals surface area contributed by atoms with E-state index in [1.165, 1.54) is 11.8 Å². The molecule has 0 aliphatic heterocycles. The van der Waals surface area contributed by atoms with Gasteiger partial charge in [0.25, 0.3) is 0 Å². The second-order valence-corrected chi connectivity index (χ2v) is 4.56. The molecular formula is C9H7BrN4S. The van der Waals surface area contributed by atoms with Crippen LogP contribution in [0.2, 0.25) is 0 Å². The highest BCUT2D eigenvalue weighted by molar-refractivity contribution is 9.10. The van der Waals surface area contributed by atoms with Crippen LogP contribution in [-0.2, 0) is 0 Å². The summed E-state index contributed by atoms with van der Waals surface area (Å²) in [5.74, 6) is 0. The van der Waals surface area contributed by atoms with Gasteiger partial charge in [0, 0.05) is 18.6 Å². The van der Waals surface area contributed by atoms with Crippen LogP contribution in [0.5, 0.6) is 0 Å². The van der Waals surface area contributed by atoms with Gasteiger partial charge in [0.2, 0.25) is 0 Å². The third-order valence-corrected chi connectivity index (χ3v) is 2.92. The molecule has 0 amide bonds. The summed E-state index contributed by atoms with van der Waals surface area (Å²) in [6.07, 6.45) is 5.07. The molecule has 0 aliphatic carbocycles. The minimum atomic E-state index is 0.628. The van der Waals surface area contributed by atoms with E-state index in [1.807, 2.05) is 0 Å². The van der Waals surface area contributed by atoms with Gasteiger partial charge in [-0.2, -0.15) is 0 Å². The number of hydrogen-bond acceptors (Lipinski definition) is 5. The molecular weight excluding hydrogens is 276 g/mol. The largest absolute Gasteiger partial charge is 0.397 e. The number of halogens is 1. The number of nitrogen functional groups attached to an aromatic ring is 1. The summed E-state index contributed by atoms with van der Waals surface area (Å²) in [5, 5.41) is 1.35. The zero-order valence-electron chi connectivity index (χ0n) is 7.59. The second kappa shape index (κ2) is 4.59. The molecule has 4 nitrogen and oxygen atoms in total. The van der Waals surface area contributed by atoms with Crippen molar-refractivity contribution in [1.82, 2.24) is 15.0 Å². The maximum absolute atomic E-state index is 5.75. The van der Waals surface area contributed by atoms with Crippen LogP contribution in [0.15, 0.2) is 45.4 Å². The molecule has 2 N–H and O–H groups in total. The molecule has 0 spiro atoms. The van der Waals surface area contributed by atoms with Crippen molar-refractivity contribution in [3.63, 3.8) is 0 Å². The standard InChI is InChI=1S/C9H7BrN4S/c10-6-4-13-9(14-5-6)15-8-7(11)2-1-3-12-8/h1-5H,11H2. The average molecular weight is 283 g/mol. The molecule has 0 fully saturated rings. The van der Waals surface area contributed by atoms with Crippen LogP contribution in [-0.4, -0.2) is 15.0 Å². The van der Waals surface area contributed by atoms with Crippen LogP contribution in [0.25, 0.3) is 0 Å². The van der Waals surface area contributed by atoms with Crippen molar-refractivity contribution < 1.29 is 0 Å². The first kappa shape index (κ1) is 10.4. The maximum Gasteiger partial charge on any atom is 0.193 e. The molecule has 0 saturated carbocycles. The molecule has 2 aromatic heterocycles. The highest BCUT2D eigenvalue weighted by atomic mass is 79.9. The summed E-state index contributed by atoms with van der Waals surface area (Å²) in [7, 11) is 0. The van der Waals surface area contributed by atoms with Crippen LogP contribution in [0.3, 0.4) is 0 Å². The van der Waals surface area contributed by atoms with Gasteiger partial charge in [-0.1, -0.05) is 0 Å². The van der Waals surface area contributed by atoms with Crippen molar-refractivity contribution in [2.45, 2.75) is 10.2 Å². The van der Waals surface area contributed by atoms with Crippen LogP contribution in [0.4, 0.5) is 5.69 Å². The molecule has 0 aromatic carbocycles. The molecule has 2 heterocycles. The predicted octanol–water partition coefficient (Wildman–Crippen LogP) is 2.37. The normalized spacial score (nSPS) is 10.2. The summed E-state index contributed by atoms with van der Waals surface area (Å²) in [5.41, 5.74) is 6.38. The molecule has 2 aromatic rings. The molecule has 0 radical (unpaired) electrons. The fraction of sp³-hybridized carbons (Fsp3) is 0. The maximum atomic E-state index is 5.75. The van der Waals surface area contributed by atoms with Crippen molar-refractivity contribution in [3.05, 3.63) is 35.2 Å². The van der Waals surface area contributed by atoms with Gasteiger partial charge in [0.05, 0.1) is 10.2 Å². The Bertz CT molecular complexity index is 460. The first-order valence-corrected chi connectivity index (χ1v) is 5.72. The SMILES string of the molecule is Nc1cccnc1Sc1ncc(Br)cn1. The Morgan fingerprint density at radius 2 is 1.93 bits per heavy atom. The predicted molar refractivity (Wildman–Crippen MR) is 62.5 cm³/mol. The minimum Gasteiger partial charge on any atom is -0.397 e. The van der Waals surface area contributed by atoms with E-state index in [-0.39, 0.29) is 0 Å². The number of aromatic nitrogens is 3. The molecule has 0 atom stereocenters. The molecule has 0 saturated heterocycles. The lowest BCUT2D eigenvalue weighted by atomic mass is 10.4. The summed E-state index contributed by atoms with van der Waals surface area (Å²) in [6.45, 7) is 0. The fourth-order valence-electron chi connectivity index (χ4n) is 0.928. The van der Waals surface area contributed by atoms with E-state index in [9.17, 15) is 0 Å². The first-order valence-electron chi connectivity index (χ1n) is 4.11. The first-order chi connectivity index (χ1) is 7.25. The molecule has 6 heteroatoms. The molecule has 0 bridgehead atoms. The van der Waals surface area contributed by atoms with E-state index in [2.05, 4.69) is 30.9 Å². The average Bonchev–Trinajstić information content (AvgIpc) is 2.25. The summed E-state index contributed by atoms with van der Waals surface area (Å²) in [4.78, 5) is 12.4. The van der Waals surface area contributed by atoms with Gasteiger partial charge in [-0.05, 0) is 39.8 Å². The fourth-order valence-corrected chi connectivity index (χ4v) is 1.82. The summed E-state index contributed by atoms with van der Waals surface area (Å²) in [6, 6.07) is 3.59. The zero-order valence-corrected chi connectivity index (χ0v) is 9.99. The van der Waals surface area contributed by atoms with E-state index in [1.54, 1.807) is 30.7 Å². The molecule has 0 unspecified atom stereocenters. The second-order valence-electron chi connectivity index (χ2n) is 2.68. The topological polar surface area (TPSA) is 64.7 Å². The summed E-state index contributed by atoms with van der Waals surface area (Å²) >= 11 is 4.61. The van der Waals surface area contributed by atoms with Crippen LogP contribution in [0, 0.1) is 0 Å². The van der Waals surface area contributed by atoms with Gasteiger partial charge in [-0.25, -0.2) is 15.0 Å². The van der Waals surface area contributed by atoms with Crippen molar-refractivity contribution in [2.24, 2.45) is 0 Å². The van der Waals surface area contributed by atoms with Crippen molar-refractivity contribution in [1.29, 1.82) is 0 Å². The number of rotatable bonds is 2. The monoisotopic (exact) mass is 282 g/mol. The Kier molecular flexibility index (Phi) is 3.17. The van der Waals surface area contributed by atoms with Gasteiger partial charge >= 0.3 is 0 Å². The van der Waals surface area contributed by atoms with Gasteiger partial charge in [0.1, 0.15) is 5.03 Å². The third-order valence-electron chi connectivity index (χ3n) is 1.59. The quantitative estimate of drug-likeness (QED) is 0.857. The van der Waals surface area contributed by atoms with Gasteiger partial charge in [0.15, 0.2) is 5.16 Å². The van der Waals surface area contributed by atoms with Gasteiger partial charge < -0.3 is 5.73 Å². The summed E-state index contributed by atoms with van der Waals surface area (Å²) < 4.78 is 0.848. The van der Waals surface area contributed by atoms with Gasteiger partial charge in [-0.3, -0.25) is 0 Å². The number of pyridine rings is 1. The Labute approximate surface area is 99.5 Å². The number of anilines is 1. The minimum absolute atomic E-state index is 0.628. The van der Waals surface area contributed by atoms with E-state index >= 15 is 0 Å². The molecule has 0 aliphatic rings. The van der Waals surface area contributed by atoms with Crippen LogP contribution >= 0.6 is 27.7 Å². The highest BCUT2D eigenvalue weighted by Gasteiger charge is 2.04. The van der Waals surface area contributed by atoms with Crippen LogP contribution in [0.1, 0.15) is 0 Å². The van der Waals surface area contributed by atoms with Gasteiger partial charge in [-0.15, -0.1) is 0 Å². The number of nitrogens with zero attached hydrogens (tertiary/aromatic N) is 3. The molecule has 2 rings (SSSR count). The van der Waals surface area contributed by atoms with E-state index < -0.39 is 0 Å².